The number of rotatable bonds is 4. The van der Waals surface area contributed by atoms with Gasteiger partial charge >= 0.3 is 5.97 Å². The molecule has 0 unspecified atom stereocenters. The van der Waals surface area contributed by atoms with Crippen LogP contribution in [0.5, 0.6) is 0 Å². The van der Waals surface area contributed by atoms with E-state index in [4.69, 9.17) is 4.74 Å². The maximum atomic E-state index is 12.8. The van der Waals surface area contributed by atoms with Crippen molar-refractivity contribution in [3.63, 3.8) is 0 Å². The first-order valence-corrected chi connectivity index (χ1v) is 8.83. The molecule has 9 nitrogen and oxygen atoms in total. The number of methoxy groups -OCH3 is 1. The first-order valence-electron chi connectivity index (χ1n) is 8.83. The SMILES string of the molecule is COC(=O)[C@]1(CO)N[C@H](c2ccc(-n3cccn3)cc2)[C@@H]2C(=O)N(C)C(=O)[C@@H]21. The number of fused-ring (bicyclic) bond motifs is 1. The number of nitrogens with zero attached hydrogens (tertiary/aromatic N) is 3. The third-order valence-electron chi connectivity index (χ3n) is 5.69. The Morgan fingerprint density at radius 2 is 2.00 bits per heavy atom. The van der Waals surface area contributed by atoms with Gasteiger partial charge in [0.15, 0.2) is 5.54 Å². The summed E-state index contributed by atoms with van der Waals surface area (Å²) < 4.78 is 6.55. The fraction of sp³-hybridized carbons (Fsp3) is 0.368. The van der Waals surface area contributed by atoms with Crippen molar-refractivity contribution in [1.82, 2.24) is 20.0 Å². The molecule has 1 aromatic heterocycles. The highest BCUT2D eigenvalue weighted by atomic mass is 16.5. The Balaban J connectivity index is 1.76. The molecule has 146 valence electrons. The third-order valence-corrected chi connectivity index (χ3v) is 5.69. The van der Waals surface area contributed by atoms with E-state index in [0.717, 1.165) is 16.2 Å². The van der Waals surface area contributed by atoms with Crippen molar-refractivity contribution in [2.75, 3.05) is 20.8 Å². The molecule has 2 aliphatic rings. The summed E-state index contributed by atoms with van der Waals surface area (Å²) in [6, 6.07) is 8.48. The molecule has 2 aromatic rings. The minimum atomic E-state index is -1.66. The molecule has 0 saturated carbocycles. The number of carbonyl (C=O) groups excluding carboxylic acids is 3. The zero-order valence-corrected chi connectivity index (χ0v) is 15.4. The first-order chi connectivity index (χ1) is 13.4. The van der Waals surface area contributed by atoms with Gasteiger partial charge in [-0.1, -0.05) is 12.1 Å². The van der Waals surface area contributed by atoms with Gasteiger partial charge in [-0.15, -0.1) is 0 Å². The van der Waals surface area contributed by atoms with Crippen LogP contribution in [0.1, 0.15) is 11.6 Å². The Morgan fingerprint density at radius 1 is 1.29 bits per heavy atom. The van der Waals surface area contributed by atoms with Crippen LogP contribution in [0.25, 0.3) is 5.69 Å². The molecular formula is C19H20N4O5. The van der Waals surface area contributed by atoms with Crippen molar-refractivity contribution < 1.29 is 24.2 Å². The zero-order chi connectivity index (χ0) is 20.1. The number of benzene rings is 1. The topological polar surface area (TPSA) is 114 Å². The third kappa shape index (κ3) is 2.40. The molecule has 0 radical (unpaired) electrons. The van der Waals surface area contributed by atoms with Crippen LogP contribution in [0.2, 0.25) is 0 Å². The van der Waals surface area contributed by atoms with Gasteiger partial charge < -0.3 is 9.84 Å². The van der Waals surface area contributed by atoms with Crippen LogP contribution in [-0.2, 0) is 19.1 Å². The number of imide groups is 1. The number of carbonyl (C=O) groups is 3. The van der Waals surface area contributed by atoms with Crippen molar-refractivity contribution in [2.24, 2.45) is 11.8 Å². The van der Waals surface area contributed by atoms with Crippen molar-refractivity contribution in [3.05, 3.63) is 48.3 Å². The van der Waals surface area contributed by atoms with Gasteiger partial charge in [0, 0.05) is 25.5 Å². The van der Waals surface area contributed by atoms with E-state index in [0.29, 0.717) is 0 Å². The number of aromatic nitrogens is 2. The number of esters is 1. The van der Waals surface area contributed by atoms with Gasteiger partial charge in [-0.3, -0.25) is 19.8 Å². The highest BCUT2D eigenvalue weighted by Crippen LogP contribution is 2.48. The molecule has 4 rings (SSSR count). The van der Waals surface area contributed by atoms with Crippen molar-refractivity contribution in [2.45, 2.75) is 11.6 Å². The molecule has 28 heavy (non-hydrogen) atoms. The van der Waals surface area contributed by atoms with Crippen molar-refractivity contribution in [3.8, 4) is 5.69 Å². The van der Waals surface area contributed by atoms with Crippen LogP contribution in [0.3, 0.4) is 0 Å². The van der Waals surface area contributed by atoms with Gasteiger partial charge in [0.05, 0.1) is 31.2 Å². The normalized spacial score (nSPS) is 29.2. The minimum Gasteiger partial charge on any atom is -0.468 e. The second-order valence-electron chi connectivity index (χ2n) is 7.02. The Hall–Kier alpha value is -3.04. The fourth-order valence-electron chi connectivity index (χ4n) is 4.27. The van der Waals surface area contributed by atoms with E-state index in [1.807, 2.05) is 30.3 Å². The van der Waals surface area contributed by atoms with E-state index >= 15 is 0 Å². The lowest BCUT2D eigenvalue weighted by atomic mass is 9.79. The van der Waals surface area contributed by atoms with Gasteiger partial charge in [0.1, 0.15) is 0 Å². The van der Waals surface area contributed by atoms with Crippen LogP contribution >= 0.6 is 0 Å². The van der Waals surface area contributed by atoms with Crippen LogP contribution in [0.4, 0.5) is 0 Å². The van der Waals surface area contributed by atoms with Crippen LogP contribution in [0.15, 0.2) is 42.7 Å². The average Bonchev–Trinajstić information content (AvgIpc) is 3.42. The molecule has 4 atom stereocenters. The number of hydrogen-bond acceptors (Lipinski definition) is 7. The van der Waals surface area contributed by atoms with Crippen molar-refractivity contribution >= 4 is 17.8 Å². The molecule has 1 aromatic carbocycles. The number of amides is 2. The second kappa shape index (κ2) is 6.54. The molecule has 2 fully saturated rings. The minimum absolute atomic E-state index is 0.386. The summed E-state index contributed by atoms with van der Waals surface area (Å²) >= 11 is 0. The molecule has 0 spiro atoms. The molecule has 9 heteroatoms. The molecule has 3 heterocycles. The lowest BCUT2D eigenvalue weighted by Gasteiger charge is -2.29. The summed E-state index contributed by atoms with van der Waals surface area (Å²) in [5, 5.41) is 17.2. The Bertz CT molecular complexity index is 926. The van der Waals surface area contributed by atoms with Crippen LogP contribution < -0.4 is 5.32 Å². The summed E-state index contributed by atoms with van der Waals surface area (Å²) in [7, 11) is 2.58. The molecule has 2 N–H and O–H groups in total. The van der Waals surface area contributed by atoms with Gasteiger partial charge in [-0.2, -0.15) is 5.10 Å². The molecule has 0 aliphatic carbocycles. The predicted molar refractivity (Wildman–Crippen MR) is 96.0 cm³/mol. The summed E-state index contributed by atoms with van der Waals surface area (Å²) in [5.74, 6) is -3.49. The molecule has 2 aliphatic heterocycles. The predicted octanol–water partition coefficient (Wildman–Crippen LogP) is -0.348. The number of aliphatic hydroxyl groups is 1. The van der Waals surface area contributed by atoms with Gasteiger partial charge in [-0.25, -0.2) is 9.48 Å². The zero-order valence-electron chi connectivity index (χ0n) is 15.4. The quantitative estimate of drug-likeness (QED) is 0.547. The van der Waals surface area contributed by atoms with Crippen molar-refractivity contribution in [1.29, 1.82) is 0 Å². The Kier molecular flexibility index (Phi) is 4.28. The maximum absolute atomic E-state index is 12.8. The van der Waals surface area contributed by atoms with E-state index < -0.39 is 41.9 Å². The monoisotopic (exact) mass is 384 g/mol. The van der Waals surface area contributed by atoms with E-state index in [9.17, 15) is 19.5 Å². The van der Waals surface area contributed by atoms with Crippen LogP contribution in [0, 0.1) is 11.8 Å². The number of likely N-dealkylation sites (tertiary alicyclic amines) is 1. The van der Waals surface area contributed by atoms with E-state index in [2.05, 4.69) is 10.4 Å². The van der Waals surface area contributed by atoms with E-state index in [1.54, 1.807) is 17.1 Å². The number of aliphatic hydroxyl groups excluding tert-OH is 1. The Morgan fingerprint density at radius 3 is 2.57 bits per heavy atom. The van der Waals surface area contributed by atoms with Gasteiger partial charge in [0.2, 0.25) is 11.8 Å². The summed E-state index contributed by atoms with van der Waals surface area (Å²) in [4.78, 5) is 39.0. The summed E-state index contributed by atoms with van der Waals surface area (Å²) in [6.45, 7) is -0.657. The maximum Gasteiger partial charge on any atom is 0.329 e. The lowest BCUT2D eigenvalue weighted by Crippen LogP contribution is -2.58. The number of nitrogens with one attached hydrogen (secondary N) is 1. The summed E-state index contributed by atoms with van der Waals surface area (Å²) in [5.41, 5.74) is -0.111. The highest BCUT2D eigenvalue weighted by Gasteiger charge is 2.68. The van der Waals surface area contributed by atoms with Gasteiger partial charge in [-0.05, 0) is 23.8 Å². The molecule has 0 bridgehead atoms. The Labute approximate surface area is 160 Å². The second-order valence-corrected chi connectivity index (χ2v) is 7.02. The largest absolute Gasteiger partial charge is 0.468 e. The molecule has 2 saturated heterocycles. The molecular weight excluding hydrogens is 364 g/mol. The standard InChI is InChI=1S/C19H20N4O5/c1-22-16(25)13-14(17(22)26)19(10-24,18(27)28-2)21-15(13)11-4-6-12(7-5-11)23-9-3-8-20-23/h3-9,13-15,21,24H,10H2,1-2H3/t13-,14-,15-,19-/m1/s1. The molecule has 2 amide bonds. The van der Waals surface area contributed by atoms with E-state index in [1.165, 1.54) is 14.2 Å². The smallest absolute Gasteiger partial charge is 0.329 e. The number of hydrogen-bond donors (Lipinski definition) is 2. The average molecular weight is 384 g/mol. The van der Waals surface area contributed by atoms with Crippen LogP contribution in [-0.4, -0.2) is 63.9 Å². The highest BCUT2D eigenvalue weighted by molar-refractivity contribution is 6.09. The summed E-state index contributed by atoms with van der Waals surface area (Å²) in [6.07, 6.45) is 3.47. The van der Waals surface area contributed by atoms with Gasteiger partial charge in [0.25, 0.3) is 0 Å². The first kappa shape index (κ1) is 18.3. The van der Waals surface area contributed by atoms with E-state index in [-0.39, 0.29) is 5.91 Å². The number of ether oxygens (including phenoxy) is 1. The fourth-order valence-corrected chi connectivity index (χ4v) is 4.27. The lowest BCUT2D eigenvalue weighted by molar-refractivity contribution is -0.156.